The van der Waals surface area contributed by atoms with E-state index in [1.807, 2.05) is 30.3 Å². The maximum absolute atomic E-state index is 15.0. The van der Waals surface area contributed by atoms with Crippen molar-refractivity contribution in [2.75, 3.05) is 17.7 Å². The van der Waals surface area contributed by atoms with Gasteiger partial charge in [-0.2, -0.15) is 0 Å². The number of hydrogen-bond acceptors (Lipinski definition) is 8. The summed E-state index contributed by atoms with van der Waals surface area (Å²) in [7, 11) is 0. The largest absolute Gasteiger partial charge is 0.491 e. The number of pyridine rings is 1. The number of nitrogen functional groups attached to an aromatic ring is 1. The minimum Gasteiger partial charge on any atom is -0.491 e. The minimum atomic E-state index is -1.65. The van der Waals surface area contributed by atoms with Crippen LogP contribution in [0, 0.1) is 0 Å². The van der Waals surface area contributed by atoms with Crippen LogP contribution in [0.5, 0.6) is 5.75 Å². The van der Waals surface area contributed by atoms with Crippen LogP contribution in [-0.2, 0) is 4.74 Å². The van der Waals surface area contributed by atoms with Crippen LogP contribution < -0.4 is 15.8 Å². The molecule has 4 atom stereocenters. The predicted molar refractivity (Wildman–Crippen MR) is 125 cm³/mol. The number of aliphatic hydroxyl groups is 1. The molecule has 1 aromatic carbocycles. The first-order valence-electron chi connectivity index (χ1n) is 11.4. The fraction of sp³-hybridized carbons (Fsp3) is 0.375. The van der Waals surface area contributed by atoms with Crippen LogP contribution in [-0.4, -0.2) is 55.7 Å². The van der Waals surface area contributed by atoms with Gasteiger partial charge in [0, 0.05) is 23.7 Å². The Labute approximate surface area is 194 Å². The third-order valence-electron chi connectivity index (χ3n) is 6.64. The van der Waals surface area contributed by atoms with Crippen molar-refractivity contribution in [3.8, 4) is 5.75 Å². The zero-order valence-electron chi connectivity index (χ0n) is 18.3. The number of alkyl halides is 1. The number of benzene rings is 1. The van der Waals surface area contributed by atoms with Gasteiger partial charge in [0.1, 0.15) is 48.2 Å². The van der Waals surface area contributed by atoms with Crippen molar-refractivity contribution in [3.05, 3.63) is 48.9 Å². The number of aromatic nitrogens is 4. The molecule has 0 spiro atoms. The number of halogens is 1. The Morgan fingerprint density at radius 3 is 2.88 bits per heavy atom. The van der Waals surface area contributed by atoms with Gasteiger partial charge in [-0.05, 0) is 49.6 Å². The second-order valence-corrected chi connectivity index (χ2v) is 8.85. The van der Waals surface area contributed by atoms with E-state index in [0.717, 1.165) is 16.7 Å². The maximum Gasteiger partial charge on any atom is 0.173 e. The number of hydrogen-bond donors (Lipinski definition) is 3. The minimum absolute atomic E-state index is 0.0140. The van der Waals surface area contributed by atoms with Gasteiger partial charge in [-0.3, -0.25) is 0 Å². The lowest BCUT2D eigenvalue weighted by Crippen LogP contribution is -2.32. The number of fused-ring (bicyclic) bond motifs is 2. The molecule has 1 saturated heterocycles. The van der Waals surface area contributed by atoms with Crippen molar-refractivity contribution < 1.29 is 19.0 Å². The summed E-state index contributed by atoms with van der Waals surface area (Å²) in [5, 5.41) is 15.5. The monoisotopic (exact) mass is 464 g/mol. The Hall–Kier alpha value is -3.50. The van der Waals surface area contributed by atoms with E-state index in [1.54, 1.807) is 12.3 Å². The fourth-order valence-corrected chi connectivity index (χ4v) is 4.47. The number of nitrogens with two attached hydrogens (primary N) is 1. The lowest BCUT2D eigenvalue weighted by Gasteiger charge is -2.26. The highest BCUT2D eigenvalue weighted by Gasteiger charge is 2.46. The van der Waals surface area contributed by atoms with E-state index in [2.05, 4.69) is 20.3 Å². The third-order valence-corrected chi connectivity index (χ3v) is 6.64. The molecule has 4 N–H and O–H groups in total. The Kier molecular flexibility index (Phi) is 5.19. The highest BCUT2D eigenvalue weighted by Crippen LogP contribution is 2.35. The number of anilines is 2. The molecule has 34 heavy (non-hydrogen) atoms. The van der Waals surface area contributed by atoms with Crippen molar-refractivity contribution in [2.24, 2.45) is 0 Å². The van der Waals surface area contributed by atoms with Crippen LogP contribution in [0.15, 0.2) is 48.9 Å². The van der Waals surface area contributed by atoms with Crippen molar-refractivity contribution in [3.63, 3.8) is 0 Å². The third kappa shape index (κ3) is 3.68. The highest BCUT2D eigenvalue weighted by atomic mass is 19.1. The molecule has 4 heterocycles. The van der Waals surface area contributed by atoms with Gasteiger partial charge in [-0.1, -0.05) is 0 Å². The van der Waals surface area contributed by atoms with Crippen molar-refractivity contribution in [1.29, 1.82) is 0 Å². The Balaban J connectivity index is 1.16. The van der Waals surface area contributed by atoms with E-state index in [1.165, 1.54) is 30.2 Å². The number of nitrogens with zero attached hydrogens (tertiary/aromatic N) is 4. The summed E-state index contributed by atoms with van der Waals surface area (Å²) in [5.41, 5.74) is 7.12. The molecular formula is C24H25FN6O3. The molecule has 0 radical (unpaired) electrons. The Bertz CT molecular complexity index is 1340. The van der Waals surface area contributed by atoms with Gasteiger partial charge in [0.15, 0.2) is 12.4 Å². The molecule has 3 aromatic heterocycles. The van der Waals surface area contributed by atoms with E-state index in [9.17, 15) is 9.50 Å². The molecule has 0 unspecified atom stereocenters. The molecular weight excluding hydrogens is 439 g/mol. The molecule has 1 aliphatic carbocycles. The number of ether oxygens (including phenoxy) is 2. The molecule has 10 heteroatoms. The number of rotatable bonds is 6. The first-order chi connectivity index (χ1) is 16.6. The maximum atomic E-state index is 15.0. The van der Waals surface area contributed by atoms with Gasteiger partial charge in [0.25, 0.3) is 0 Å². The predicted octanol–water partition coefficient (Wildman–Crippen LogP) is 3.20. The molecule has 2 aliphatic rings. The highest BCUT2D eigenvalue weighted by molar-refractivity contribution is 5.86. The summed E-state index contributed by atoms with van der Waals surface area (Å²) in [6, 6.07) is 11.8. The number of aliphatic hydroxyl groups excluding tert-OH is 1. The van der Waals surface area contributed by atoms with Crippen LogP contribution >= 0.6 is 0 Å². The van der Waals surface area contributed by atoms with E-state index >= 15 is 0 Å². The molecule has 0 amide bonds. The van der Waals surface area contributed by atoms with Crippen LogP contribution in [0.3, 0.4) is 0 Å². The smallest absolute Gasteiger partial charge is 0.173 e. The molecule has 176 valence electrons. The normalized spacial score (nSPS) is 25.0. The second kappa shape index (κ2) is 8.37. The first kappa shape index (κ1) is 21.1. The molecule has 6 rings (SSSR count). The van der Waals surface area contributed by atoms with Gasteiger partial charge >= 0.3 is 0 Å². The molecule has 4 aromatic rings. The quantitative estimate of drug-likeness (QED) is 0.398. The number of nitrogens with one attached hydrogen (secondary N) is 1. The van der Waals surface area contributed by atoms with Crippen molar-refractivity contribution in [2.45, 2.75) is 49.9 Å². The van der Waals surface area contributed by atoms with Crippen molar-refractivity contribution in [1.82, 2.24) is 19.5 Å². The average molecular weight is 465 g/mol. The molecule has 2 fully saturated rings. The topological polar surface area (TPSA) is 120 Å². The van der Waals surface area contributed by atoms with Gasteiger partial charge < -0.3 is 30.2 Å². The summed E-state index contributed by atoms with van der Waals surface area (Å²) in [6.07, 6.45) is 1.63. The van der Waals surface area contributed by atoms with Gasteiger partial charge in [-0.15, -0.1) is 0 Å². The standard InChI is InChI=1S/C24H25FN6O3/c25-20-21(32)18(34-24(20)31-9-8-16-22(26)27-12-28-23(16)31)11-33-15-6-4-13-5-7-19(30-17(13)10-15)29-14-2-1-3-14/h4-10,12,14,18,20-21,24,32H,1-3,11H2,(H,29,30)(H2,26,27,28)/t18-,20+,21-,24-/m1/s1. The molecule has 1 saturated carbocycles. The molecule has 0 bridgehead atoms. The fourth-order valence-electron chi connectivity index (χ4n) is 4.47. The Morgan fingerprint density at radius 2 is 2.06 bits per heavy atom. The summed E-state index contributed by atoms with van der Waals surface area (Å²) in [4.78, 5) is 12.8. The van der Waals surface area contributed by atoms with Gasteiger partial charge in [0.05, 0.1) is 10.9 Å². The summed E-state index contributed by atoms with van der Waals surface area (Å²) in [5.74, 6) is 1.71. The van der Waals surface area contributed by atoms with Crippen molar-refractivity contribution >= 4 is 33.6 Å². The first-order valence-corrected chi connectivity index (χ1v) is 11.4. The lowest BCUT2D eigenvalue weighted by atomic mass is 9.93. The van der Waals surface area contributed by atoms with E-state index in [4.69, 9.17) is 15.2 Å². The Morgan fingerprint density at radius 1 is 1.21 bits per heavy atom. The van der Waals surface area contributed by atoms with Crippen LogP contribution in [0.25, 0.3) is 21.9 Å². The summed E-state index contributed by atoms with van der Waals surface area (Å²) in [6.45, 7) is -0.0140. The van der Waals surface area contributed by atoms with Gasteiger partial charge in [-0.25, -0.2) is 19.3 Å². The van der Waals surface area contributed by atoms with E-state index in [0.29, 0.717) is 28.6 Å². The molecule has 9 nitrogen and oxygen atoms in total. The average Bonchev–Trinajstić information content (AvgIpc) is 3.37. The second-order valence-electron chi connectivity index (χ2n) is 8.85. The van der Waals surface area contributed by atoms with E-state index < -0.39 is 24.6 Å². The van der Waals surface area contributed by atoms with E-state index in [-0.39, 0.29) is 6.61 Å². The molecule has 1 aliphatic heterocycles. The lowest BCUT2D eigenvalue weighted by molar-refractivity contribution is -0.0410. The zero-order valence-corrected chi connectivity index (χ0v) is 18.3. The van der Waals surface area contributed by atoms with Crippen LogP contribution in [0.2, 0.25) is 0 Å². The van der Waals surface area contributed by atoms with Gasteiger partial charge in [0.2, 0.25) is 0 Å². The van der Waals surface area contributed by atoms with Crippen LogP contribution in [0.4, 0.5) is 16.0 Å². The summed E-state index contributed by atoms with van der Waals surface area (Å²) >= 11 is 0. The SMILES string of the molecule is Nc1ncnc2c1ccn2[C@@H]1O[C@H](COc2ccc3ccc(NC4CCC4)nc3c2)[C@@H](O)[C@@H]1F. The zero-order chi connectivity index (χ0) is 23.2. The van der Waals surface area contributed by atoms with Crippen LogP contribution in [0.1, 0.15) is 25.5 Å². The summed E-state index contributed by atoms with van der Waals surface area (Å²) < 4.78 is 28.3.